The quantitative estimate of drug-likeness (QED) is 0.631. The zero-order chi connectivity index (χ0) is 14.5. The molecule has 0 radical (unpaired) electrons. The number of benzene rings is 2. The first-order chi connectivity index (χ1) is 9.61. The molecule has 0 unspecified atom stereocenters. The molecule has 0 amide bonds. The topological polar surface area (TPSA) is 26.3 Å². The fourth-order valence-electron chi connectivity index (χ4n) is 1.81. The Hall–Kier alpha value is -2.49. The highest BCUT2D eigenvalue weighted by molar-refractivity contribution is 5.96. The van der Waals surface area contributed by atoms with Crippen LogP contribution < -0.4 is 0 Å². The van der Waals surface area contributed by atoms with Crippen molar-refractivity contribution in [2.75, 3.05) is 7.11 Å². The summed E-state index contributed by atoms with van der Waals surface area (Å²) < 4.78 is 31.8. The van der Waals surface area contributed by atoms with Crippen LogP contribution in [0.3, 0.4) is 0 Å². The second-order valence-electron chi connectivity index (χ2n) is 4.07. The van der Waals surface area contributed by atoms with Gasteiger partial charge in [-0.1, -0.05) is 30.3 Å². The van der Waals surface area contributed by atoms with Gasteiger partial charge in [0.15, 0.2) is 0 Å². The predicted molar refractivity (Wildman–Crippen MR) is 71.9 cm³/mol. The number of halogens is 2. The van der Waals surface area contributed by atoms with E-state index in [2.05, 4.69) is 4.74 Å². The van der Waals surface area contributed by atoms with Gasteiger partial charge in [-0.2, -0.15) is 0 Å². The highest BCUT2D eigenvalue weighted by Gasteiger charge is 2.13. The Morgan fingerprint density at radius 3 is 2.45 bits per heavy atom. The van der Waals surface area contributed by atoms with E-state index >= 15 is 0 Å². The normalized spacial score (nSPS) is 11.2. The van der Waals surface area contributed by atoms with Crippen LogP contribution in [0.5, 0.6) is 0 Å². The molecule has 0 atom stereocenters. The van der Waals surface area contributed by atoms with E-state index in [1.54, 1.807) is 30.3 Å². The van der Waals surface area contributed by atoms with E-state index in [0.29, 0.717) is 5.56 Å². The van der Waals surface area contributed by atoms with Crippen molar-refractivity contribution in [1.82, 2.24) is 0 Å². The van der Waals surface area contributed by atoms with Crippen LogP contribution in [-0.4, -0.2) is 13.1 Å². The Morgan fingerprint density at radius 1 is 1.10 bits per heavy atom. The summed E-state index contributed by atoms with van der Waals surface area (Å²) in [6.45, 7) is 0. The number of hydrogen-bond acceptors (Lipinski definition) is 2. The molecular weight excluding hydrogens is 262 g/mol. The van der Waals surface area contributed by atoms with Crippen molar-refractivity contribution in [3.63, 3.8) is 0 Å². The minimum Gasteiger partial charge on any atom is -0.466 e. The van der Waals surface area contributed by atoms with Gasteiger partial charge in [0, 0.05) is 11.6 Å². The van der Waals surface area contributed by atoms with E-state index in [1.165, 1.54) is 7.11 Å². The van der Waals surface area contributed by atoms with Crippen molar-refractivity contribution >= 4 is 11.5 Å². The molecule has 0 aliphatic heterocycles. The summed E-state index contributed by atoms with van der Waals surface area (Å²) in [4.78, 5) is 11.5. The van der Waals surface area contributed by atoms with E-state index in [1.807, 2.05) is 0 Å². The molecule has 0 heterocycles. The van der Waals surface area contributed by atoms with Gasteiger partial charge in [-0.3, -0.25) is 0 Å². The zero-order valence-corrected chi connectivity index (χ0v) is 10.8. The smallest absolute Gasteiger partial charge is 0.331 e. The molecule has 0 saturated carbocycles. The lowest BCUT2D eigenvalue weighted by molar-refractivity contribution is -0.134. The lowest BCUT2D eigenvalue weighted by Crippen LogP contribution is -2.00. The Morgan fingerprint density at radius 2 is 1.80 bits per heavy atom. The third kappa shape index (κ3) is 3.09. The molecule has 0 aliphatic carbocycles. The van der Waals surface area contributed by atoms with Gasteiger partial charge in [-0.25, -0.2) is 13.6 Å². The van der Waals surface area contributed by atoms with Crippen molar-refractivity contribution < 1.29 is 18.3 Å². The molecule has 0 saturated heterocycles. The molecule has 2 aromatic rings. The minimum absolute atomic E-state index is 0.0154. The molecule has 0 N–H and O–H groups in total. The second kappa shape index (κ2) is 6.10. The van der Waals surface area contributed by atoms with E-state index in [-0.39, 0.29) is 11.1 Å². The number of methoxy groups -OCH3 is 1. The summed E-state index contributed by atoms with van der Waals surface area (Å²) in [6, 6.07) is 11.8. The van der Waals surface area contributed by atoms with Gasteiger partial charge in [0.05, 0.1) is 7.11 Å². The van der Waals surface area contributed by atoms with Crippen LogP contribution in [0.2, 0.25) is 0 Å². The molecule has 2 rings (SSSR count). The summed E-state index contributed by atoms with van der Waals surface area (Å²) >= 11 is 0. The summed E-state index contributed by atoms with van der Waals surface area (Å²) in [7, 11) is 1.23. The van der Waals surface area contributed by atoms with Gasteiger partial charge in [0.2, 0.25) is 0 Å². The maximum Gasteiger partial charge on any atom is 0.331 e. The Kier molecular flexibility index (Phi) is 4.25. The molecular formula is C16H12F2O2. The molecule has 0 bridgehead atoms. The SMILES string of the molecule is COC(=O)/C=C(/c1ccccc1)c1cc(F)ccc1F. The number of carbonyl (C=O) groups excluding carboxylic acids is 1. The van der Waals surface area contributed by atoms with Gasteiger partial charge in [-0.05, 0) is 29.3 Å². The van der Waals surface area contributed by atoms with Crippen LogP contribution >= 0.6 is 0 Å². The lowest BCUT2D eigenvalue weighted by Gasteiger charge is -2.09. The highest BCUT2D eigenvalue weighted by atomic mass is 19.1. The summed E-state index contributed by atoms with van der Waals surface area (Å²) in [6.07, 6.45) is 1.15. The zero-order valence-electron chi connectivity index (χ0n) is 10.8. The maximum absolute atomic E-state index is 13.9. The first-order valence-electron chi connectivity index (χ1n) is 5.92. The predicted octanol–water partition coefficient (Wildman–Crippen LogP) is 3.57. The Bertz CT molecular complexity index is 649. The minimum atomic E-state index is -0.632. The van der Waals surface area contributed by atoms with Crippen LogP contribution in [0.4, 0.5) is 8.78 Å². The molecule has 0 aromatic heterocycles. The van der Waals surface area contributed by atoms with Crippen molar-refractivity contribution in [2.45, 2.75) is 0 Å². The van der Waals surface area contributed by atoms with Gasteiger partial charge in [0.25, 0.3) is 0 Å². The van der Waals surface area contributed by atoms with E-state index in [4.69, 9.17) is 0 Å². The molecule has 2 nitrogen and oxygen atoms in total. The third-order valence-electron chi connectivity index (χ3n) is 2.77. The van der Waals surface area contributed by atoms with Crippen LogP contribution in [0.1, 0.15) is 11.1 Å². The van der Waals surface area contributed by atoms with Crippen LogP contribution in [0.25, 0.3) is 5.57 Å². The Balaban J connectivity index is 2.61. The first kappa shape index (κ1) is 13.9. The molecule has 0 aliphatic rings. The van der Waals surface area contributed by atoms with E-state index in [0.717, 1.165) is 24.3 Å². The van der Waals surface area contributed by atoms with Gasteiger partial charge < -0.3 is 4.74 Å². The van der Waals surface area contributed by atoms with Gasteiger partial charge in [0.1, 0.15) is 11.6 Å². The highest BCUT2D eigenvalue weighted by Crippen LogP contribution is 2.26. The summed E-state index contributed by atoms with van der Waals surface area (Å²) in [5.41, 5.74) is 0.887. The largest absolute Gasteiger partial charge is 0.466 e. The number of carbonyl (C=O) groups is 1. The molecule has 0 spiro atoms. The van der Waals surface area contributed by atoms with Crippen molar-refractivity contribution in [1.29, 1.82) is 0 Å². The fraction of sp³-hybridized carbons (Fsp3) is 0.0625. The fourth-order valence-corrected chi connectivity index (χ4v) is 1.81. The summed E-state index contributed by atoms with van der Waals surface area (Å²) in [5.74, 6) is -1.81. The lowest BCUT2D eigenvalue weighted by atomic mass is 9.97. The van der Waals surface area contributed by atoms with Gasteiger partial charge >= 0.3 is 5.97 Å². The maximum atomic E-state index is 13.9. The van der Waals surface area contributed by atoms with Crippen molar-refractivity contribution in [3.8, 4) is 0 Å². The first-order valence-corrected chi connectivity index (χ1v) is 5.92. The third-order valence-corrected chi connectivity index (χ3v) is 2.77. The molecule has 102 valence electrons. The second-order valence-corrected chi connectivity index (χ2v) is 4.07. The van der Waals surface area contributed by atoms with Crippen molar-refractivity contribution in [3.05, 3.63) is 77.4 Å². The van der Waals surface area contributed by atoms with Gasteiger partial charge in [-0.15, -0.1) is 0 Å². The number of hydrogen-bond donors (Lipinski definition) is 0. The number of esters is 1. The van der Waals surface area contributed by atoms with Crippen LogP contribution in [0.15, 0.2) is 54.6 Å². The molecule has 4 heteroatoms. The number of ether oxygens (including phenoxy) is 1. The summed E-state index contributed by atoms with van der Waals surface area (Å²) in [5, 5.41) is 0. The van der Waals surface area contributed by atoms with Crippen LogP contribution in [-0.2, 0) is 9.53 Å². The molecule has 2 aromatic carbocycles. The van der Waals surface area contributed by atoms with Crippen LogP contribution in [0, 0.1) is 11.6 Å². The molecule has 20 heavy (non-hydrogen) atoms. The van der Waals surface area contributed by atoms with E-state index in [9.17, 15) is 13.6 Å². The standard InChI is InChI=1S/C16H12F2O2/c1-20-16(19)10-13(11-5-3-2-4-6-11)14-9-12(17)7-8-15(14)18/h2-10H,1H3/b13-10-. The average molecular weight is 274 g/mol. The average Bonchev–Trinajstić information content (AvgIpc) is 2.48. The Labute approximate surface area is 115 Å². The van der Waals surface area contributed by atoms with Crippen molar-refractivity contribution in [2.24, 2.45) is 0 Å². The number of rotatable bonds is 3. The monoisotopic (exact) mass is 274 g/mol. The molecule has 0 fully saturated rings. The van der Waals surface area contributed by atoms with E-state index < -0.39 is 17.6 Å².